The fourth-order valence-corrected chi connectivity index (χ4v) is 6.45. The Morgan fingerprint density at radius 3 is 2.45 bits per heavy atom. The zero-order chi connectivity index (χ0) is 27.0. The topological polar surface area (TPSA) is 123 Å². The van der Waals surface area contributed by atoms with Crippen LogP contribution in [0.1, 0.15) is 34.3 Å². The predicted octanol–water partition coefficient (Wildman–Crippen LogP) is 3.43. The monoisotopic (exact) mass is 519 g/mol. The number of nitrogens with zero attached hydrogens (tertiary/aromatic N) is 1. The third kappa shape index (κ3) is 4.22. The van der Waals surface area contributed by atoms with Gasteiger partial charge >= 0.3 is 17.9 Å². The van der Waals surface area contributed by atoms with Gasteiger partial charge in [-0.25, -0.2) is 14.4 Å². The van der Waals surface area contributed by atoms with E-state index in [0.717, 1.165) is 37.3 Å². The molecule has 0 aromatic heterocycles. The van der Waals surface area contributed by atoms with Crippen LogP contribution in [0.4, 0.5) is 0 Å². The fourth-order valence-electron chi connectivity index (χ4n) is 6.45. The minimum absolute atomic E-state index is 0.157. The lowest BCUT2D eigenvalue weighted by Crippen LogP contribution is -2.63. The van der Waals surface area contributed by atoms with Gasteiger partial charge in [-0.15, -0.1) is 0 Å². The first kappa shape index (κ1) is 25.5. The highest BCUT2D eigenvalue weighted by Crippen LogP contribution is 2.63. The van der Waals surface area contributed by atoms with Gasteiger partial charge in [-0.05, 0) is 68.6 Å². The molecule has 38 heavy (non-hydrogen) atoms. The Kier molecular flexibility index (Phi) is 6.71. The number of carbonyl (C=O) groups excluding carboxylic acids is 1. The van der Waals surface area contributed by atoms with Crippen molar-refractivity contribution in [1.82, 2.24) is 4.90 Å². The second kappa shape index (κ2) is 9.98. The number of esters is 1. The molecule has 4 atom stereocenters. The quantitative estimate of drug-likeness (QED) is 0.452. The van der Waals surface area contributed by atoms with Crippen molar-refractivity contribution in [3.8, 4) is 11.5 Å². The van der Waals surface area contributed by atoms with Crippen molar-refractivity contribution in [3.05, 3.63) is 83.1 Å². The van der Waals surface area contributed by atoms with Gasteiger partial charge in [0, 0.05) is 29.2 Å². The van der Waals surface area contributed by atoms with Gasteiger partial charge in [0.15, 0.2) is 17.6 Å². The lowest BCUT2D eigenvalue weighted by atomic mass is 9.53. The molecule has 198 valence electrons. The number of piperidine rings is 1. The van der Waals surface area contributed by atoms with Crippen LogP contribution < -0.4 is 9.47 Å². The number of carboxylic acids is 2. The van der Waals surface area contributed by atoms with E-state index in [1.54, 1.807) is 19.2 Å². The maximum Gasteiger partial charge on any atom is 0.343 e. The molecule has 2 aromatic carbocycles. The summed E-state index contributed by atoms with van der Waals surface area (Å²) in [5.41, 5.74) is 3.03. The van der Waals surface area contributed by atoms with Crippen molar-refractivity contribution in [2.24, 2.45) is 5.92 Å². The molecule has 2 bridgehead atoms. The highest BCUT2D eigenvalue weighted by atomic mass is 16.6. The van der Waals surface area contributed by atoms with Crippen molar-refractivity contribution in [3.63, 3.8) is 0 Å². The van der Waals surface area contributed by atoms with Crippen LogP contribution in [0.15, 0.2) is 66.5 Å². The second-order valence-corrected chi connectivity index (χ2v) is 9.89. The van der Waals surface area contributed by atoms with E-state index in [0.29, 0.717) is 35.4 Å². The zero-order valence-corrected chi connectivity index (χ0v) is 21.1. The van der Waals surface area contributed by atoms with E-state index in [-0.39, 0.29) is 17.5 Å². The number of carboxylic acid groups (broad SMARTS) is 2. The Balaban J connectivity index is 0.000000323. The molecule has 4 aliphatic rings. The third-order valence-corrected chi connectivity index (χ3v) is 8.02. The summed E-state index contributed by atoms with van der Waals surface area (Å²) in [5, 5.41) is 15.6. The van der Waals surface area contributed by atoms with Crippen LogP contribution in [0.3, 0.4) is 0 Å². The maximum absolute atomic E-state index is 12.8. The van der Waals surface area contributed by atoms with Gasteiger partial charge in [0.25, 0.3) is 0 Å². The highest BCUT2D eigenvalue weighted by Gasteiger charge is 2.64. The van der Waals surface area contributed by atoms with E-state index in [1.165, 1.54) is 11.1 Å². The molecule has 2 N–H and O–H groups in total. The van der Waals surface area contributed by atoms with E-state index in [1.807, 2.05) is 24.3 Å². The number of hydrogen-bond donors (Lipinski definition) is 2. The first-order chi connectivity index (χ1) is 18.3. The lowest BCUT2D eigenvalue weighted by Gasteiger charge is -2.56. The van der Waals surface area contributed by atoms with E-state index >= 15 is 0 Å². The number of ether oxygens (including phenoxy) is 3. The molecule has 9 nitrogen and oxygen atoms in total. The summed E-state index contributed by atoms with van der Waals surface area (Å²) in [4.78, 5) is 34.4. The summed E-state index contributed by atoms with van der Waals surface area (Å²) in [6.45, 7) is 1.01. The Labute approximate surface area is 219 Å². The van der Waals surface area contributed by atoms with Crippen LogP contribution in [0.2, 0.25) is 0 Å². The molecule has 9 heteroatoms. The second-order valence-electron chi connectivity index (χ2n) is 9.89. The van der Waals surface area contributed by atoms with Gasteiger partial charge < -0.3 is 29.3 Å². The Morgan fingerprint density at radius 1 is 1.08 bits per heavy atom. The molecule has 0 radical (unpaired) electrons. The molecule has 2 aliphatic heterocycles. The van der Waals surface area contributed by atoms with Gasteiger partial charge in [0.2, 0.25) is 0 Å². The number of carbonyl (C=O) groups is 3. The first-order valence-electron chi connectivity index (χ1n) is 12.4. The molecule has 0 saturated carbocycles. The summed E-state index contributed by atoms with van der Waals surface area (Å²) in [5.74, 6) is -0.140. The number of methoxy groups -OCH3 is 1. The Hall–Kier alpha value is -4.11. The number of allylic oxidation sites excluding steroid dienone is 1. The number of aliphatic carboxylic acids is 2. The smallest absolute Gasteiger partial charge is 0.343 e. The first-order valence-corrected chi connectivity index (χ1v) is 12.4. The largest absolute Gasteiger partial charge is 0.493 e. The molecular formula is C29H29NO8. The third-order valence-electron chi connectivity index (χ3n) is 8.02. The lowest BCUT2D eigenvalue weighted by molar-refractivity contribution is -0.134. The SMILES string of the molecule is COc1ccc2c3c1O[C@H]1C(OC(=O)c4ccccc4)=CC[C@H]4[C@@H](C2)N(C)CC[C@]314.O=C(O)/C=C/C(=O)O. The number of rotatable bonds is 5. The van der Waals surface area contributed by atoms with Crippen molar-refractivity contribution in [1.29, 1.82) is 0 Å². The molecule has 0 unspecified atom stereocenters. The predicted molar refractivity (Wildman–Crippen MR) is 136 cm³/mol. The minimum atomic E-state index is -1.26. The molecule has 6 rings (SSSR count). The molecule has 2 heterocycles. The maximum atomic E-state index is 12.8. The van der Waals surface area contributed by atoms with Crippen LogP contribution in [0, 0.1) is 5.92 Å². The summed E-state index contributed by atoms with van der Waals surface area (Å²) in [6, 6.07) is 13.8. The van der Waals surface area contributed by atoms with E-state index < -0.39 is 11.9 Å². The van der Waals surface area contributed by atoms with Crippen LogP contribution in [-0.4, -0.2) is 65.9 Å². The Bertz CT molecular complexity index is 1320. The molecular weight excluding hydrogens is 490 g/mol. The van der Waals surface area contributed by atoms with E-state index in [9.17, 15) is 14.4 Å². The molecule has 0 amide bonds. The molecule has 1 saturated heterocycles. The summed E-state index contributed by atoms with van der Waals surface area (Å²) < 4.78 is 18.2. The van der Waals surface area contributed by atoms with Crippen molar-refractivity contribution in [2.75, 3.05) is 20.7 Å². The van der Waals surface area contributed by atoms with E-state index in [4.69, 9.17) is 24.4 Å². The van der Waals surface area contributed by atoms with Gasteiger partial charge in [0.05, 0.1) is 12.7 Å². The van der Waals surface area contributed by atoms with Crippen LogP contribution in [-0.2, 0) is 26.2 Å². The van der Waals surface area contributed by atoms with Gasteiger partial charge in [-0.1, -0.05) is 24.3 Å². The van der Waals surface area contributed by atoms with Gasteiger partial charge in [-0.3, -0.25) is 0 Å². The molecule has 1 fully saturated rings. The van der Waals surface area contributed by atoms with Crippen LogP contribution in [0.25, 0.3) is 0 Å². The summed E-state index contributed by atoms with van der Waals surface area (Å²) >= 11 is 0. The number of likely N-dealkylation sites (N-methyl/N-ethyl adjacent to an activating group) is 1. The van der Waals surface area contributed by atoms with Gasteiger partial charge in [-0.2, -0.15) is 0 Å². The zero-order valence-electron chi connectivity index (χ0n) is 21.1. The fraction of sp³-hybridized carbons (Fsp3) is 0.345. The van der Waals surface area contributed by atoms with Crippen LogP contribution >= 0.6 is 0 Å². The molecule has 1 spiro atoms. The average molecular weight is 520 g/mol. The summed E-state index contributed by atoms with van der Waals surface area (Å²) in [6.07, 6.45) is 5.82. The summed E-state index contributed by atoms with van der Waals surface area (Å²) in [7, 11) is 3.91. The molecule has 2 aliphatic carbocycles. The van der Waals surface area contributed by atoms with Crippen molar-refractivity contribution >= 4 is 17.9 Å². The normalized spacial score (nSPS) is 26.3. The molecule has 2 aromatic rings. The standard InChI is InChI=1S/C25H25NO4.C4H4O4/c1-26-13-12-25-17-9-11-20(29-24(27)15-6-4-3-5-7-15)23(25)30-22-19(28-2)10-8-16(21(22)25)14-18(17)26;5-3(6)1-2-4(7)8/h3-8,10-11,17-18,23H,9,12-14H2,1-2H3;1-2H,(H,5,6)(H,7,8)/b;2-1+/t17-,18+,23-,25-;/m0./s1. The van der Waals surface area contributed by atoms with Crippen LogP contribution in [0.5, 0.6) is 11.5 Å². The van der Waals surface area contributed by atoms with Crippen molar-refractivity contribution < 1.29 is 38.8 Å². The minimum Gasteiger partial charge on any atom is -0.493 e. The van der Waals surface area contributed by atoms with E-state index in [2.05, 4.69) is 24.1 Å². The Morgan fingerprint density at radius 2 is 1.79 bits per heavy atom. The number of hydrogen-bond acceptors (Lipinski definition) is 7. The number of benzene rings is 2. The number of likely N-dealkylation sites (tertiary alicyclic amines) is 1. The average Bonchev–Trinajstić information content (AvgIpc) is 3.26. The highest BCUT2D eigenvalue weighted by molar-refractivity contribution is 5.90. The van der Waals surface area contributed by atoms with Gasteiger partial charge in [0.1, 0.15) is 5.76 Å². The van der Waals surface area contributed by atoms with Crippen molar-refractivity contribution in [2.45, 2.75) is 36.8 Å².